The molecular formula is C19H27FN2O3. The zero-order valence-corrected chi connectivity index (χ0v) is 15.0. The standard InChI is InChI=1S/C19H27FN2O3/c1-19(2,3)16(13-5-4-6-14(20)11-13)22-18(25)21-15-9-7-12(8-10-15)17(23)24/h4-6,11-12,15-16H,7-10H2,1-3H3,(H,23,24)(H2,21,22,25). The lowest BCUT2D eigenvalue weighted by atomic mass is 9.82. The van der Waals surface area contributed by atoms with Crippen molar-refractivity contribution < 1.29 is 19.1 Å². The number of benzene rings is 1. The number of carboxylic acids is 1. The highest BCUT2D eigenvalue weighted by Gasteiger charge is 2.30. The molecule has 0 aliphatic heterocycles. The van der Waals surface area contributed by atoms with Crippen LogP contribution in [-0.4, -0.2) is 23.1 Å². The number of rotatable bonds is 4. The molecule has 1 fully saturated rings. The monoisotopic (exact) mass is 350 g/mol. The summed E-state index contributed by atoms with van der Waals surface area (Å²) >= 11 is 0. The highest BCUT2D eigenvalue weighted by atomic mass is 19.1. The number of carbonyl (C=O) groups is 2. The maximum absolute atomic E-state index is 13.6. The molecule has 0 spiro atoms. The molecule has 0 bridgehead atoms. The minimum absolute atomic E-state index is 0.0243. The van der Waals surface area contributed by atoms with E-state index in [1.165, 1.54) is 12.1 Å². The Labute approximate surface area is 148 Å². The van der Waals surface area contributed by atoms with Crippen molar-refractivity contribution >= 4 is 12.0 Å². The normalized spacial score (nSPS) is 22.1. The van der Waals surface area contributed by atoms with Crippen molar-refractivity contribution in [1.29, 1.82) is 0 Å². The van der Waals surface area contributed by atoms with Crippen LogP contribution in [0.2, 0.25) is 0 Å². The Balaban J connectivity index is 1.98. The Morgan fingerprint density at radius 2 is 1.84 bits per heavy atom. The van der Waals surface area contributed by atoms with Crippen LogP contribution in [0.4, 0.5) is 9.18 Å². The first-order valence-electron chi connectivity index (χ1n) is 8.72. The number of amides is 2. The zero-order valence-electron chi connectivity index (χ0n) is 15.0. The number of nitrogens with one attached hydrogen (secondary N) is 2. The fourth-order valence-electron chi connectivity index (χ4n) is 3.33. The lowest BCUT2D eigenvalue weighted by Crippen LogP contribution is -2.47. The molecule has 138 valence electrons. The van der Waals surface area contributed by atoms with Gasteiger partial charge in [0.2, 0.25) is 0 Å². The first kappa shape index (κ1) is 19.2. The molecule has 1 atom stereocenters. The summed E-state index contributed by atoms with van der Waals surface area (Å²) in [5.41, 5.74) is 0.434. The van der Waals surface area contributed by atoms with Gasteiger partial charge in [-0.25, -0.2) is 9.18 Å². The molecule has 1 aromatic rings. The van der Waals surface area contributed by atoms with Gasteiger partial charge in [-0.1, -0.05) is 32.9 Å². The molecule has 25 heavy (non-hydrogen) atoms. The van der Waals surface area contributed by atoms with Gasteiger partial charge in [-0.15, -0.1) is 0 Å². The van der Waals surface area contributed by atoms with Crippen LogP contribution in [0, 0.1) is 17.2 Å². The zero-order chi connectivity index (χ0) is 18.6. The van der Waals surface area contributed by atoms with Crippen LogP contribution in [0.3, 0.4) is 0 Å². The van der Waals surface area contributed by atoms with Crippen molar-refractivity contribution in [2.24, 2.45) is 11.3 Å². The molecule has 0 aromatic heterocycles. The molecule has 1 aliphatic carbocycles. The molecule has 1 aromatic carbocycles. The minimum atomic E-state index is -0.762. The van der Waals surface area contributed by atoms with E-state index in [0.29, 0.717) is 25.7 Å². The van der Waals surface area contributed by atoms with Crippen molar-refractivity contribution in [2.45, 2.75) is 58.5 Å². The Kier molecular flexibility index (Phi) is 6.03. The van der Waals surface area contributed by atoms with E-state index in [0.717, 1.165) is 5.56 Å². The van der Waals surface area contributed by atoms with E-state index >= 15 is 0 Å². The number of hydrogen-bond donors (Lipinski definition) is 3. The molecule has 1 unspecified atom stereocenters. The minimum Gasteiger partial charge on any atom is -0.481 e. The van der Waals surface area contributed by atoms with Crippen LogP contribution in [0.1, 0.15) is 58.1 Å². The third kappa shape index (κ3) is 5.44. The molecular weight excluding hydrogens is 323 g/mol. The summed E-state index contributed by atoms with van der Waals surface area (Å²) in [6, 6.07) is 5.59. The van der Waals surface area contributed by atoms with E-state index in [1.807, 2.05) is 20.8 Å². The van der Waals surface area contributed by atoms with Gasteiger partial charge >= 0.3 is 12.0 Å². The molecule has 0 saturated heterocycles. The van der Waals surface area contributed by atoms with E-state index in [9.17, 15) is 14.0 Å². The highest BCUT2D eigenvalue weighted by molar-refractivity contribution is 5.75. The van der Waals surface area contributed by atoms with Gasteiger partial charge in [0.15, 0.2) is 0 Å². The summed E-state index contributed by atoms with van der Waals surface area (Å²) in [5, 5.41) is 14.9. The van der Waals surface area contributed by atoms with E-state index in [1.54, 1.807) is 12.1 Å². The Morgan fingerprint density at radius 1 is 1.20 bits per heavy atom. The second kappa shape index (κ2) is 7.85. The van der Waals surface area contributed by atoms with E-state index in [2.05, 4.69) is 10.6 Å². The lowest BCUT2D eigenvalue weighted by Gasteiger charge is -2.33. The maximum atomic E-state index is 13.6. The summed E-state index contributed by atoms with van der Waals surface area (Å²) in [6.45, 7) is 5.96. The summed E-state index contributed by atoms with van der Waals surface area (Å²) < 4.78 is 13.6. The molecule has 0 radical (unpaired) electrons. The molecule has 5 nitrogen and oxygen atoms in total. The van der Waals surface area contributed by atoms with Gasteiger partial charge in [0.1, 0.15) is 5.82 Å². The second-order valence-electron chi connectivity index (χ2n) is 7.86. The van der Waals surface area contributed by atoms with Gasteiger partial charge in [-0.05, 0) is 48.8 Å². The van der Waals surface area contributed by atoms with Crippen molar-refractivity contribution in [3.8, 4) is 0 Å². The van der Waals surface area contributed by atoms with Gasteiger partial charge in [0, 0.05) is 6.04 Å². The van der Waals surface area contributed by atoms with Gasteiger partial charge in [0.25, 0.3) is 0 Å². The van der Waals surface area contributed by atoms with Crippen LogP contribution >= 0.6 is 0 Å². The largest absolute Gasteiger partial charge is 0.481 e. The van der Waals surface area contributed by atoms with Gasteiger partial charge in [0.05, 0.1) is 12.0 Å². The van der Waals surface area contributed by atoms with Crippen molar-refractivity contribution in [2.75, 3.05) is 0 Å². The van der Waals surface area contributed by atoms with Crippen molar-refractivity contribution in [3.05, 3.63) is 35.6 Å². The van der Waals surface area contributed by atoms with E-state index < -0.39 is 5.97 Å². The third-order valence-electron chi connectivity index (χ3n) is 4.74. The smallest absolute Gasteiger partial charge is 0.315 e. The van der Waals surface area contributed by atoms with E-state index in [-0.39, 0.29) is 35.3 Å². The molecule has 3 N–H and O–H groups in total. The second-order valence-corrected chi connectivity index (χ2v) is 7.86. The van der Waals surface area contributed by atoms with Crippen LogP contribution < -0.4 is 10.6 Å². The summed E-state index contributed by atoms with van der Waals surface area (Å²) in [7, 11) is 0. The quantitative estimate of drug-likeness (QED) is 0.772. The predicted octanol–water partition coefficient (Wildman–Crippen LogP) is 3.86. The fourth-order valence-corrected chi connectivity index (χ4v) is 3.33. The summed E-state index contributed by atoms with van der Waals surface area (Å²) in [5.74, 6) is -1.40. The van der Waals surface area contributed by atoms with Crippen LogP contribution in [-0.2, 0) is 4.79 Å². The topological polar surface area (TPSA) is 78.4 Å². The molecule has 1 saturated carbocycles. The number of urea groups is 1. The van der Waals surface area contributed by atoms with Gasteiger partial charge in [-0.3, -0.25) is 4.79 Å². The van der Waals surface area contributed by atoms with Crippen LogP contribution in [0.25, 0.3) is 0 Å². The van der Waals surface area contributed by atoms with Gasteiger partial charge < -0.3 is 15.7 Å². The molecule has 2 amide bonds. The highest BCUT2D eigenvalue weighted by Crippen LogP contribution is 2.33. The molecule has 6 heteroatoms. The predicted molar refractivity (Wildman–Crippen MR) is 93.6 cm³/mol. The molecule has 1 aliphatic rings. The summed E-state index contributed by atoms with van der Waals surface area (Å²) in [6.07, 6.45) is 2.47. The SMILES string of the molecule is CC(C)(C)C(NC(=O)NC1CCC(C(=O)O)CC1)c1cccc(F)c1. The van der Waals surface area contributed by atoms with Crippen molar-refractivity contribution in [3.63, 3.8) is 0 Å². The van der Waals surface area contributed by atoms with Crippen LogP contribution in [0.5, 0.6) is 0 Å². The fraction of sp³-hybridized carbons (Fsp3) is 0.579. The Morgan fingerprint density at radius 3 is 2.36 bits per heavy atom. The number of carbonyl (C=O) groups excluding carboxylic acids is 1. The van der Waals surface area contributed by atoms with Crippen LogP contribution in [0.15, 0.2) is 24.3 Å². The third-order valence-corrected chi connectivity index (χ3v) is 4.74. The molecule has 2 rings (SSSR count). The maximum Gasteiger partial charge on any atom is 0.315 e. The molecule has 0 heterocycles. The summed E-state index contributed by atoms with van der Waals surface area (Å²) in [4.78, 5) is 23.4. The number of halogens is 1. The Bertz CT molecular complexity index is 619. The van der Waals surface area contributed by atoms with E-state index in [4.69, 9.17) is 5.11 Å². The van der Waals surface area contributed by atoms with Crippen molar-refractivity contribution in [1.82, 2.24) is 10.6 Å². The lowest BCUT2D eigenvalue weighted by molar-refractivity contribution is -0.142. The first-order chi connectivity index (χ1) is 11.7. The number of hydrogen-bond acceptors (Lipinski definition) is 2. The first-order valence-corrected chi connectivity index (χ1v) is 8.72. The Hall–Kier alpha value is -2.11. The number of carboxylic acid groups (broad SMARTS) is 1. The average Bonchev–Trinajstić information content (AvgIpc) is 2.52. The van der Waals surface area contributed by atoms with Gasteiger partial charge in [-0.2, -0.15) is 0 Å². The number of aliphatic carboxylic acids is 1. The average molecular weight is 350 g/mol.